The van der Waals surface area contributed by atoms with Gasteiger partial charge in [0.25, 0.3) is 0 Å². The number of likely N-dealkylation sites (tertiary alicyclic amines) is 1. The van der Waals surface area contributed by atoms with Crippen molar-refractivity contribution in [3.05, 3.63) is 0 Å². The standard InChI is InChI=1S/C13H23NO4S/c1-8(7-19)11(15)14-6-9(18-13(2,3)4)5-10(14)12(16)17/h8-10,19H,5-7H2,1-4H3,(H,16,17)/t8?,9-,10-/m0/s1. The maximum absolute atomic E-state index is 12.2. The summed E-state index contributed by atoms with van der Waals surface area (Å²) < 4.78 is 5.80. The molecule has 110 valence electrons. The van der Waals surface area contributed by atoms with Gasteiger partial charge in [0.1, 0.15) is 6.04 Å². The monoisotopic (exact) mass is 289 g/mol. The highest BCUT2D eigenvalue weighted by atomic mass is 32.1. The predicted octanol–water partition coefficient (Wildman–Crippen LogP) is 1.42. The molecule has 0 saturated carbocycles. The van der Waals surface area contributed by atoms with E-state index in [1.807, 2.05) is 20.8 Å². The number of nitrogens with zero attached hydrogens (tertiary/aromatic N) is 1. The van der Waals surface area contributed by atoms with Crippen molar-refractivity contribution in [2.24, 2.45) is 5.92 Å². The molecule has 1 saturated heterocycles. The third kappa shape index (κ3) is 4.38. The summed E-state index contributed by atoms with van der Waals surface area (Å²) in [7, 11) is 0. The minimum atomic E-state index is -0.972. The lowest BCUT2D eigenvalue weighted by molar-refractivity contribution is -0.149. The first-order valence-electron chi connectivity index (χ1n) is 6.47. The van der Waals surface area contributed by atoms with Crippen LogP contribution in [0.3, 0.4) is 0 Å². The fraction of sp³-hybridized carbons (Fsp3) is 0.846. The molecule has 0 bridgehead atoms. The van der Waals surface area contributed by atoms with Crippen LogP contribution >= 0.6 is 12.6 Å². The molecule has 1 aliphatic rings. The third-order valence-electron chi connectivity index (χ3n) is 3.05. The summed E-state index contributed by atoms with van der Waals surface area (Å²) in [6.07, 6.45) is 0.120. The van der Waals surface area contributed by atoms with Gasteiger partial charge in [-0.2, -0.15) is 12.6 Å². The van der Waals surface area contributed by atoms with E-state index < -0.39 is 12.0 Å². The number of rotatable bonds is 4. The van der Waals surface area contributed by atoms with E-state index in [1.54, 1.807) is 6.92 Å². The lowest BCUT2D eigenvalue weighted by Crippen LogP contribution is -2.43. The van der Waals surface area contributed by atoms with Gasteiger partial charge in [0.15, 0.2) is 0 Å². The van der Waals surface area contributed by atoms with E-state index in [-0.39, 0.29) is 23.5 Å². The molecule has 1 aliphatic heterocycles. The third-order valence-corrected chi connectivity index (χ3v) is 3.59. The lowest BCUT2D eigenvalue weighted by Gasteiger charge is -2.26. The van der Waals surface area contributed by atoms with Crippen molar-refractivity contribution in [1.82, 2.24) is 4.90 Å². The number of carboxylic acid groups (broad SMARTS) is 1. The minimum absolute atomic E-state index is 0.164. The van der Waals surface area contributed by atoms with Gasteiger partial charge in [-0.05, 0) is 20.8 Å². The van der Waals surface area contributed by atoms with Crippen molar-refractivity contribution in [2.45, 2.75) is 51.9 Å². The number of hydrogen-bond acceptors (Lipinski definition) is 4. The first-order chi connectivity index (χ1) is 8.65. The Hall–Kier alpha value is -0.750. The Morgan fingerprint density at radius 2 is 2.05 bits per heavy atom. The second-order valence-corrected chi connectivity index (χ2v) is 6.38. The van der Waals surface area contributed by atoms with Crippen LogP contribution in [0.25, 0.3) is 0 Å². The molecular formula is C13H23NO4S. The van der Waals surface area contributed by atoms with Gasteiger partial charge in [-0.25, -0.2) is 4.79 Å². The van der Waals surface area contributed by atoms with Gasteiger partial charge in [0, 0.05) is 24.6 Å². The molecule has 3 atom stereocenters. The van der Waals surface area contributed by atoms with E-state index in [4.69, 9.17) is 4.74 Å². The van der Waals surface area contributed by atoms with Gasteiger partial charge in [-0.3, -0.25) is 4.79 Å². The minimum Gasteiger partial charge on any atom is -0.480 e. The van der Waals surface area contributed by atoms with E-state index in [1.165, 1.54) is 4.90 Å². The van der Waals surface area contributed by atoms with Gasteiger partial charge in [-0.15, -0.1) is 0 Å². The highest BCUT2D eigenvalue weighted by Gasteiger charge is 2.42. The molecule has 1 unspecified atom stereocenters. The number of hydrogen-bond donors (Lipinski definition) is 2. The quantitative estimate of drug-likeness (QED) is 0.768. The number of thiol groups is 1. The first kappa shape index (κ1) is 16.3. The smallest absolute Gasteiger partial charge is 0.326 e. The van der Waals surface area contributed by atoms with Gasteiger partial charge in [0.05, 0.1) is 11.7 Å². The van der Waals surface area contributed by atoms with Crippen molar-refractivity contribution < 1.29 is 19.4 Å². The molecule has 5 nitrogen and oxygen atoms in total. The summed E-state index contributed by atoms with van der Waals surface area (Å²) in [5.74, 6) is -1.01. The number of carboxylic acids is 1. The molecule has 0 aromatic carbocycles. The largest absolute Gasteiger partial charge is 0.480 e. The topological polar surface area (TPSA) is 66.8 Å². The summed E-state index contributed by atoms with van der Waals surface area (Å²) >= 11 is 4.09. The van der Waals surface area contributed by atoms with Crippen LogP contribution in [0.4, 0.5) is 0 Å². The number of aliphatic carboxylic acids is 1. The van der Waals surface area contributed by atoms with E-state index >= 15 is 0 Å². The predicted molar refractivity (Wildman–Crippen MR) is 75.4 cm³/mol. The average Bonchev–Trinajstić information content (AvgIpc) is 2.68. The van der Waals surface area contributed by atoms with Crippen molar-refractivity contribution in [2.75, 3.05) is 12.3 Å². The van der Waals surface area contributed by atoms with Crippen molar-refractivity contribution in [3.63, 3.8) is 0 Å². The Bertz CT molecular complexity index is 353. The molecule has 1 N–H and O–H groups in total. The van der Waals surface area contributed by atoms with E-state index in [0.717, 1.165) is 0 Å². The highest BCUT2D eigenvalue weighted by molar-refractivity contribution is 7.80. The second kappa shape index (κ2) is 6.13. The van der Waals surface area contributed by atoms with Gasteiger partial charge in [-0.1, -0.05) is 6.92 Å². The summed E-state index contributed by atoms with van der Waals surface area (Å²) in [4.78, 5) is 24.8. The number of ether oxygens (including phenoxy) is 1. The SMILES string of the molecule is CC(CS)C(=O)N1C[C@@H](OC(C)(C)C)C[C@H]1C(=O)O. The maximum atomic E-state index is 12.2. The molecular weight excluding hydrogens is 266 g/mol. The van der Waals surface area contributed by atoms with E-state index in [2.05, 4.69) is 12.6 Å². The van der Waals surface area contributed by atoms with Crippen LogP contribution in [-0.2, 0) is 14.3 Å². The molecule has 1 rings (SSSR count). The molecule has 1 amide bonds. The fourth-order valence-corrected chi connectivity index (χ4v) is 2.38. The molecule has 1 fully saturated rings. The van der Waals surface area contributed by atoms with Gasteiger partial charge < -0.3 is 14.7 Å². The normalized spacial score (nSPS) is 25.4. The Balaban J connectivity index is 2.79. The second-order valence-electron chi connectivity index (χ2n) is 6.02. The molecule has 0 radical (unpaired) electrons. The zero-order chi connectivity index (χ0) is 14.8. The molecule has 0 aromatic rings. The first-order valence-corrected chi connectivity index (χ1v) is 7.11. The van der Waals surface area contributed by atoms with Crippen LogP contribution in [-0.4, -0.2) is 51.9 Å². The summed E-state index contributed by atoms with van der Waals surface area (Å²) in [5, 5.41) is 9.23. The van der Waals surface area contributed by atoms with Crippen molar-refractivity contribution in [1.29, 1.82) is 0 Å². The molecule has 6 heteroatoms. The Morgan fingerprint density at radius 3 is 2.47 bits per heavy atom. The molecule has 0 aromatic heterocycles. The lowest BCUT2D eigenvalue weighted by atomic mass is 10.1. The van der Waals surface area contributed by atoms with Crippen LogP contribution < -0.4 is 0 Å². The Morgan fingerprint density at radius 1 is 1.47 bits per heavy atom. The van der Waals surface area contributed by atoms with Crippen LogP contribution in [0.1, 0.15) is 34.1 Å². The number of amides is 1. The Labute approximate surface area is 119 Å². The molecule has 0 spiro atoms. The zero-order valence-electron chi connectivity index (χ0n) is 11.9. The summed E-state index contributed by atoms with van der Waals surface area (Å²) in [6.45, 7) is 7.86. The van der Waals surface area contributed by atoms with Crippen LogP contribution in [0.2, 0.25) is 0 Å². The van der Waals surface area contributed by atoms with Crippen molar-refractivity contribution >= 4 is 24.5 Å². The van der Waals surface area contributed by atoms with E-state index in [0.29, 0.717) is 18.7 Å². The van der Waals surface area contributed by atoms with Gasteiger partial charge >= 0.3 is 5.97 Å². The number of carbonyl (C=O) groups excluding carboxylic acids is 1. The van der Waals surface area contributed by atoms with Crippen LogP contribution in [0.5, 0.6) is 0 Å². The Kier molecular flexibility index (Phi) is 5.26. The zero-order valence-corrected chi connectivity index (χ0v) is 12.8. The summed E-state index contributed by atoms with van der Waals surface area (Å²) in [5.41, 5.74) is -0.345. The molecule has 19 heavy (non-hydrogen) atoms. The van der Waals surface area contributed by atoms with Crippen LogP contribution in [0.15, 0.2) is 0 Å². The summed E-state index contributed by atoms with van der Waals surface area (Å²) in [6, 6.07) is -0.790. The van der Waals surface area contributed by atoms with E-state index in [9.17, 15) is 14.7 Å². The van der Waals surface area contributed by atoms with Crippen molar-refractivity contribution in [3.8, 4) is 0 Å². The fourth-order valence-electron chi connectivity index (χ4n) is 2.22. The van der Waals surface area contributed by atoms with Crippen LogP contribution in [0, 0.1) is 5.92 Å². The molecule has 1 heterocycles. The average molecular weight is 289 g/mol. The van der Waals surface area contributed by atoms with Gasteiger partial charge in [0.2, 0.25) is 5.91 Å². The maximum Gasteiger partial charge on any atom is 0.326 e. The highest BCUT2D eigenvalue weighted by Crippen LogP contribution is 2.26. The molecule has 0 aliphatic carbocycles. The number of carbonyl (C=O) groups is 2.